The monoisotopic (exact) mass is 338 g/mol. The average molecular weight is 338 g/mol. The Morgan fingerprint density at radius 2 is 1.46 bits per heavy atom. The quantitative estimate of drug-likeness (QED) is 0.370. The lowest BCUT2D eigenvalue weighted by molar-refractivity contribution is -0.137. The molecule has 138 valence electrons. The summed E-state index contributed by atoms with van der Waals surface area (Å²) in [5.41, 5.74) is 0. The highest BCUT2D eigenvalue weighted by Gasteiger charge is 2.39. The Hall–Kier alpha value is -1.13. The molecule has 0 radical (unpaired) electrons. The average Bonchev–Trinajstić information content (AvgIpc) is 2.80. The molecule has 0 amide bonds. The summed E-state index contributed by atoms with van der Waals surface area (Å²) >= 11 is 0. The highest BCUT2D eigenvalue weighted by atomic mass is 16.4. The van der Waals surface area contributed by atoms with Crippen molar-refractivity contribution in [3.8, 4) is 0 Å². The summed E-state index contributed by atoms with van der Waals surface area (Å²) in [5, 5.41) is 29.0. The van der Waals surface area contributed by atoms with Crippen LogP contribution < -0.4 is 0 Å². The smallest absolute Gasteiger partial charge is 0.303 e. The molecule has 4 atom stereocenters. The third kappa shape index (κ3) is 8.11. The van der Waals surface area contributed by atoms with Crippen molar-refractivity contribution in [3.05, 3.63) is 24.3 Å². The van der Waals surface area contributed by atoms with Crippen molar-refractivity contribution in [2.24, 2.45) is 11.8 Å². The maximum Gasteiger partial charge on any atom is 0.303 e. The molecule has 1 saturated carbocycles. The Labute approximate surface area is 146 Å². The summed E-state index contributed by atoms with van der Waals surface area (Å²) in [4.78, 5) is 10.5. The molecule has 1 aliphatic carbocycles. The van der Waals surface area contributed by atoms with Crippen molar-refractivity contribution in [1.82, 2.24) is 0 Å². The van der Waals surface area contributed by atoms with Gasteiger partial charge >= 0.3 is 5.97 Å². The molecule has 0 aromatic carbocycles. The summed E-state index contributed by atoms with van der Waals surface area (Å²) in [6.45, 7) is 2.19. The van der Waals surface area contributed by atoms with Crippen LogP contribution in [0.5, 0.6) is 0 Å². The van der Waals surface area contributed by atoms with Crippen LogP contribution in [0.25, 0.3) is 0 Å². The molecule has 0 spiro atoms. The largest absolute Gasteiger partial charge is 0.481 e. The molecule has 1 fully saturated rings. The minimum Gasteiger partial charge on any atom is -0.481 e. The van der Waals surface area contributed by atoms with Crippen LogP contribution in [0.3, 0.4) is 0 Å². The van der Waals surface area contributed by atoms with Gasteiger partial charge in [0.2, 0.25) is 0 Å². The van der Waals surface area contributed by atoms with E-state index in [9.17, 15) is 15.0 Å². The summed E-state index contributed by atoms with van der Waals surface area (Å²) < 4.78 is 0. The van der Waals surface area contributed by atoms with Gasteiger partial charge in [-0.25, -0.2) is 0 Å². The Bertz CT molecular complexity index is 402. The van der Waals surface area contributed by atoms with Crippen molar-refractivity contribution in [3.63, 3.8) is 0 Å². The molecule has 0 saturated heterocycles. The lowest BCUT2D eigenvalue weighted by Crippen LogP contribution is -2.21. The number of allylic oxidation sites excluding steroid dienone is 4. The van der Waals surface area contributed by atoms with Gasteiger partial charge in [0, 0.05) is 6.42 Å². The molecule has 0 aromatic rings. The Morgan fingerprint density at radius 1 is 0.917 bits per heavy atom. The number of hydrogen-bond acceptors (Lipinski definition) is 3. The third-order valence-corrected chi connectivity index (χ3v) is 4.91. The van der Waals surface area contributed by atoms with E-state index in [2.05, 4.69) is 19.1 Å². The Balaban J connectivity index is 2.36. The van der Waals surface area contributed by atoms with E-state index >= 15 is 0 Å². The predicted molar refractivity (Wildman–Crippen MR) is 96.8 cm³/mol. The summed E-state index contributed by atoms with van der Waals surface area (Å²) in [5.74, 6) is -0.550. The minimum atomic E-state index is -0.761. The predicted octanol–water partition coefficient (Wildman–Crippen LogP) is 4.07. The number of aliphatic hydroxyl groups is 2. The first-order chi connectivity index (χ1) is 11.6. The molecule has 24 heavy (non-hydrogen) atoms. The second-order valence-corrected chi connectivity index (χ2v) is 6.89. The summed E-state index contributed by atoms with van der Waals surface area (Å²) in [6, 6.07) is 0. The summed E-state index contributed by atoms with van der Waals surface area (Å²) in [6.07, 6.45) is 15.9. The lowest BCUT2D eigenvalue weighted by atomic mass is 9.87. The van der Waals surface area contributed by atoms with Crippen LogP contribution in [-0.2, 0) is 4.79 Å². The van der Waals surface area contributed by atoms with Crippen molar-refractivity contribution >= 4 is 5.97 Å². The van der Waals surface area contributed by atoms with Gasteiger partial charge in [0.05, 0.1) is 12.2 Å². The first-order valence-corrected chi connectivity index (χ1v) is 9.44. The molecule has 1 aliphatic rings. The molecule has 3 N–H and O–H groups in total. The van der Waals surface area contributed by atoms with Gasteiger partial charge in [-0.2, -0.15) is 0 Å². The van der Waals surface area contributed by atoms with Crippen LogP contribution in [0.2, 0.25) is 0 Å². The van der Waals surface area contributed by atoms with Gasteiger partial charge < -0.3 is 15.3 Å². The molecule has 0 unspecified atom stereocenters. The maximum absolute atomic E-state index is 10.5. The Kier molecular flexibility index (Phi) is 10.7. The van der Waals surface area contributed by atoms with Gasteiger partial charge in [0.25, 0.3) is 0 Å². The molecule has 0 heterocycles. The first kappa shape index (κ1) is 20.9. The van der Waals surface area contributed by atoms with E-state index in [1.165, 1.54) is 19.3 Å². The van der Waals surface area contributed by atoms with Gasteiger partial charge in [-0.15, -0.1) is 0 Å². The van der Waals surface area contributed by atoms with E-state index < -0.39 is 18.2 Å². The minimum absolute atomic E-state index is 0.0935. The summed E-state index contributed by atoms with van der Waals surface area (Å²) in [7, 11) is 0. The molecular formula is C20H34O4. The van der Waals surface area contributed by atoms with Crippen LogP contribution in [0.1, 0.15) is 71.1 Å². The van der Waals surface area contributed by atoms with Gasteiger partial charge in [-0.1, -0.05) is 44.1 Å². The zero-order chi connectivity index (χ0) is 17.8. The van der Waals surface area contributed by atoms with Crippen molar-refractivity contribution < 1.29 is 20.1 Å². The van der Waals surface area contributed by atoms with Crippen LogP contribution in [0, 0.1) is 11.8 Å². The zero-order valence-corrected chi connectivity index (χ0v) is 14.9. The first-order valence-electron chi connectivity index (χ1n) is 9.44. The normalized spacial score (nSPS) is 27.5. The molecule has 1 rings (SSSR count). The number of aliphatic carboxylic acids is 1. The van der Waals surface area contributed by atoms with Crippen molar-refractivity contribution in [1.29, 1.82) is 0 Å². The second-order valence-electron chi connectivity index (χ2n) is 6.89. The molecular weight excluding hydrogens is 304 g/mol. The van der Waals surface area contributed by atoms with Crippen LogP contribution >= 0.6 is 0 Å². The van der Waals surface area contributed by atoms with Crippen LogP contribution in [0.15, 0.2) is 24.3 Å². The number of unbranched alkanes of at least 4 members (excludes halogenated alkanes) is 4. The lowest BCUT2D eigenvalue weighted by Gasteiger charge is -2.21. The van der Waals surface area contributed by atoms with E-state index in [-0.39, 0.29) is 18.3 Å². The highest BCUT2D eigenvalue weighted by molar-refractivity contribution is 5.66. The second kappa shape index (κ2) is 12.3. The number of carboxylic acids is 1. The fourth-order valence-corrected chi connectivity index (χ4v) is 3.46. The topological polar surface area (TPSA) is 77.8 Å². The number of hydrogen-bond donors (Lipinski definition) is 3. The Morgan fingerprint density at radius 3 is 1.96 bits per heavy atom. The number of carboxylic acid groups (broad SMARTS) is 1. The SMILES string of the molecule is CCCCC/C=C/C[C@@H]1[C@@H](C/C=C\CCCC(=O)O)[C@@H](O)C[C@H]1O. The van der Waals surface area contributed by atoms with E-state index in [0.29, 0.717) is 12.8 Å². The molecule has 4 heteroatoms. The molecule has 0 bridgehead atoms. The fourth-order valence-electron chi connectivity index (χ4n) is 3.46. The van der Waals surface area contributed by atoms with Crippen LogP contribution in [0.4, 0.5) is 0 Å². The molecule has 4 nitrogen and oxygen atoms in total. The van der Waals surface area contributed by atoms with Gasteiger partial charge in [-0.3, -0.25) is 4.79 Å². The van der Waals surface area contributed by atoms with E-state index in [0.717, 1.165) is 25.7 Å². The molecule has 0 aliphatic heterocycles. The van der Waals surface area contributed by atoms with E-state index in [1.54, 1.807) is 0 Å². The van der Waals surface area contributed by atoms with E-state index in [4.69, 9.17) is 5.11 Å². The number of rotatable bonds is 12. The van der Waals surface area contributed by atoms with Gasteiger partial charge in [0.15, 0.2) is 0 Å². The van der Waals surface area contributed by atoms with E-state index in [1.807, 2.05) is 12.2 Å². The van der Waals surface area contributed by atoms with Gasteiger partial charge in [-0.05, 0) is 56.8 Å². The van der Waals surface area contributed by atoms with Crippen LogP contribution in [-0.4, -0.2) is 33.5 Å². The standard InChI is InChI=1S/C20H34O4/c1-2-3-4-5-6-9-12-16-17(19(22)15-18(16)21)13-10-7-8-11-14-20(23)24/h6-7,9-10,16-19,21-22H,2-5,8,11-15H2,1H3,(H,23,24)/b9-6+,10-7-/t16-,17-,18-,19+/m1/s1. The number of carbonyl (C=O) groups is 1. The highest BCUT2D eigenvalue weighted by Crippen LogP contribution is 2.37. The van der Waals surface area contributed by atoms with Crippen molar-refractivity contribution in [2.75, 3.05) is 0 Å². The fraction of sp³-hybridized carbons (Fsp3) is 0.750. The molecule has 0 aromatic heterocycles. The maximum atomic E-state index is 10.5. The van der Waals surface area contributed by atoms with Gasteiger partial charge in [0.1, 0.15) is 0 Å². The third-order valence-electron chi connectivity index (χ3n) is 4.91. The zero-order valence-electron chi connectivity index (χ0n) is 14.9. The van der Waals surface area contributed by atoms with Crippen molar-refractivity contribution in [2.45, 2.75) is 83.3 Å². The number of aliphatic hydroxyl groups excluding tert-OH is 2.